The lowest BCUT2D eigenvalue weighted by atomic mass is 10.1. The second-order valence-corrected chi connectivity index (χ2v) is 5.00. The highest BCUT2D eigenvalue weighted by Gasteiger charge is 2.11. The maximum absolute atomic E-state index is 11.1. The lowest BCUT2D eigenvalue weighted by Gasteiger charge is -2.09. The van der Waals surface area contributed by atoms with E-state index in [0.717, 1.165) is 23.4 Å². The van der Waals surface area contributed by atoms with Crippen molar-refractivity contribution in [3.05, 3.63) is 60.4 Å². The molecule has 1 aromatic carbocycles. The van der Waals surface area contributed by atoms with Gasteiger partial charge in [-0.05, 0) is 6.07 Å². The number of carbonyl (C=O) groups excluding carboxylic acids is 1. The van der Waals surface area contributed by atoms with Gasteiger partial charge in [0, 0.05) is 29.9 Å². The molecule has 0 atom stereocenters. The molecule has 116 valence electrons. The van der Waals surface area contributed by atoms with E-state index >= 15 is 0 Å². The van der Waals surface area contributed by atoms with Crippen LogP contribution >= 0.6 is 0 Å². The fraction of sp³-hybridized carbons (Fsp3) is 0.118. The van der Waals surface area contributed by atoms with Crippen molar-refractivity contribution >= 4 is 17.8 Å². The highest BCUT2D eigenvalue weighted by molar-refractivity contribution is 5.85. The number of nitrogens with one attached hydrogen (secondary N) is 1. The van der Waals surface area contributed by atoms with Crippen LogP contribution in [0.1, 0.15) is 10.4 Å². The highest BCUT2D eigenvalue weighted by Crippen LogP contribution is 2.25. The van der Waals surface area contributed by atoms with Gasteiger partial charge >= 0.3 is 0 Å². The first-order valence-electron chi connectivity index (χ1n) is 7.31. The average Bonchev–Trinajstić information content (AvgIpc) is 2.99. The van der Waals surface area contributed by atoms with Gasteiger partial charge in [-0.25, -0.2) is 4.68 Å². The van der Waals surface area contributed by atoms with Crippen LogP contribution in [0.4, 0.5) is 11.5 Å². The summed E-state index contributed by atoms with van der Waals surface area (Å²) in [7, 11) is 0. The molecule has 0 amide bonds. The molecular weight excluding hydrogens is 290 g/mol. The molecule has 3 aromatic rings. The predicted octanol–water partition coefficient (Wildman–Crippen LogP) is 2.46. The Hall–Kier alpha value is -2.99. The third-order valence-electron chi connectivity index (χ3n) is 3.43. The molecule has 0 aliphatic carbocycles. The van der Waals surface area contributed by atoms with Crippen LogP contribution in [-0.4, -0.2) is 27.6 Å². The van der Waals surface area contributed by atoms with E-state index in [1.165, 1.54) is 0 Å². The molecule has 2 heterocycles. The zero-order valence-corrected chi connectivity index (χ0v) is 12.5. The number of nitrogens with zero attached hydrogens (tertiary/aromatic N) is 3. The lowest BCUT2D eigenvalue weighted by Crippen LogP contribution is -2.13. The average molecular weight is 307 g/mol. The minimum absolute atomic E-state index is 0.470. The molecule has 0 aliphatic rings. The lowest BCUT2D eigenvalue weighted by molar-refractivity contribution is 0.112. The van der Waals surface area contributed by atoms with Gasteiger partial charge in [0.2, 0.25) is 0 Å². The first-order chi connectivity index (χ1) is 11.3. The van der Waals surface area contributed by atoms with E-state index in [9.17, 15) is 4.79 Å². The summed E-state index contributed by atoms with van der Waals surface area (Å²) in [6, 6.07) is 13.5. The van der Waals surface area contributed by atoms with Crippen LogP contribution in [0.2, 0.25) is 0 Å². The van der Waals surface area contributed by atoms with Crippen molar-refractivity contribution in [3.63, 3.8) is 0 Å². The molecule has 0 spiro atoms. The maximum Gasteiger partial charge on any atom is 0.152 e. The van der Waals surface area contributed by atoms with Gasteiger partial charge in [0.25, 0.3) is 0 Å². The summed E-state index contributed by atoms with van der Waals surface area (Å²) >= 11 is 0. The number of aromatic nitrogens is 3. The van der Waals surface area contributed by atoms with Gasteiger partial charge in [0.05, 0.1) is 24.1 Å². The minimum Gasteiger partial charge on any atom is -0.339 e. The van der Waals surface area contributed by atoms with E-state index in [2.05, 4.69) is 15.4 Å². The summed E-state index contributed by atoms with van der Waals surface area (Å²) in [5.74, 6) is 0.769. The van der Waals surface area contributed by atoms with Crippen LogP contribution in [0.25, 0.3) is 11.3 Å². The second kappa shape index (κ2) is 6.85. The van der Waals surface area contributed by atoms with Crippen LogP contribution in [0.15, 0.2) is 54.9 Å². The Bertz CT molecular complexity index is 798. The van der Waals surface area contributed by atoms with Crippen LogP contribution in [0, 0.1) is 0 Å². The molecule has 0 saturated heterocycles. The van der Waals surface area contributed by atoms with Crippen LogP contribution in [0.3, 0.4) is 0 Å². The maximum atomic E-state index is 11.1. The zero-order valence-electron chi connectivity index (χ0n) is 12.5. The Morgan fingerprint density at radius 3 is 2.78 bits per heavy atom. The molecule has 0 radical (unpaired) electrons. The third kappa shape index (κ3) is 3.27. The fourth-order valence-electron chi connectivity index (χ4n) is 2.31. The molecule has 0 aliphatic heterocycles. The largest absolute Gasteiger partial charge is 0.339 e. The second-order valence-electron chi connectivity index (χ2n) is 5.00. The molecule has 0 bridgehead atoms. The third-order valence-corrected chi connectivity index (χ3v) is 3.43. The SMILES string of the molecule is NCCn1nc(-c2ccccc2)cc1Nc1cnccc1C=O. The quantitative estimate of drug-likeness (QED) is 0.683. The number of rotatable bonds is 6. The Kier molecular flexibility index (Phi) is 4.44. The first-order valence-corrected chi connectivity index (χ1v) is 7.31. The Morgan fingerprint density at radius 1 is 1.22 bits per heavy atom. The van der Waals surface area contributed by atoms with Crippen molar-refractivity contribution in [2.45, 2.75) is 6.54 Å². The molecule has 0 saturated carbocycles. The Balaban J connectivity index is 1.97. The number of hydrogen-bond donors (Lipinski definition) is 2. The van der Waals surface area contributed by atoms with E-state index in [1.807, 2.05) is 36.4 Å². The van der Waals surface area contributed by atoms with Crippen molar-refractivity contribution in [1.29, 1.82) is 0 Å². The smallest absolute Gasteiger partial charge is 0.152 e. The van der Waals surface area contributed by atoms with Crippen LogP contribution in [0.5, 0.6) is 0 Å². The van der Waals surface area contributed by atoms with Gasteiger partial charge < -0.3 is 11.1 Å². The summed E-state index contributed by atoms with van der Waals surface area (Å²) in [6.45, 7) is 1.05. The standard InChI is InChI=1S/C17H17N5O/c18-7-9-22-17(20-16-11-19-8-6-14(16)12-23)10-15(21-22)13-4-2-1-3-5-13/h1-6,8,10-12,20H,7,9,18H2. The minimum atomic E-state index is 0.470. The topological polar surface area (TPSA) is 85.8 Å². The normalized spacial score (nSPS) is 10.5. The summed E-state index contributed by atoms with van der Waals surface area (Å²) in [5.41, 5.74) is 8.72. The first kappa shape index (κ1) is 14.9. The van der Waals surface area contributed by atoms with Crippen molar-refractivity contribution in [2.24, 2.45) is 5.73 Å². The number of aldehydes is 1. The zero-order chi connectivity index (χ0) is 16.1. The van der Waals surface area contributed by atoms with Crippen molar-refractivity contribution in [2.75, 3.05) is 11.9 Å². The molecule has 23 heavy (non-hydrogen) atoms. The summed E-state index contributed by atoms with van der Waals surface area (Å²) in [4.78, 5) is 15.2. The Labute approximate surface area is 134 Å². The highest BCUT2D eigenvalue weighted by atomic mass is 16.1. The van der Waals surface area contributed by atoms with Gasteiger partial charge in [-0.2, -0.15) is 5.10 Å². The number of carbonyl (C=O) groups is 1. The van der Waals surface area contributed by atoms with Crippen LogP contribution < -0.4 is 11.1 Å². The van der Waals surface area contributed by atoms with Crippen LogP contribution in [-0.2, 0) is 6.54 Å². The molecule has 0 fully saturated rings. The summed E-state index contributed by atoms with van der Waals surface area (Å²) in [6.07, 6.45) is 4.00. The van der Waals surface area contributed by atoms with Crippen molar-refractivity contribution in [1.82, 2.24) is 14.8 Å². The van der Waals surface area contributed by atoms with Gasteiger partial charge in [-0.3, -0.25) is 9.78 Å². The van der Waals surface area contributed by atoms with Gasteiger partial charge in [0.1, 0.15) is 5.82 Å². The van der Waals surface area contributed by atoms with Gasteiger partial charge in [-0.15, -0.1) is 0 Å². The van der Waals surface area contributed by atoms with E-state index < -0.39 is 0 Å². The molecular formula is C17H17N5O. The number of nitrogens with two attached hydrogens (primary N) is 1. The fourth-order valence-corrected chi connectivity index (χ4v) is 2.31. The van der Waals surface area contributed by atoms with E-state index in [0.29, 0.717) is 24.3 Å². The molecule has 3 N–H and O–H groups in total. The summed E-state index contributed by atoms with van der Waals surface area (Å²) < 4.78 is 1.80. The number of benzene rings is 1. The molecule has 6 heteroatoms. The molecule has 2 aromatic heterocycles. The number of hydrogen-bond acceptors (Lipinski definition) is 5. The van der Waals surface area contributed by atoms with E-state index in [1.54, 1.807) is 23.1 Å². The predicted molar refractivity (Wildman–Crippen MR) is 89.6 cm³/mol. The van der Waals surface area contributed by atoms with E-state index in [4.69, 9.17) is 5.73 Å². The Morgan fingerprint density at radius 2 is 2.04 bits per heavy atom. The molecule has 0 unspecified atom stereocenters. The van der Waals surface area contributed by atoms with Gasteiger partial charge in [-0.1, -0.05) is 30.3 Å². The number of anilines is 2. The van der Waals surface area contributed by atoms with Crippen molar-refractivity contribution in [3.8, 4) is 11.3 Å². The molecule has 6 nitrogen and oxygen atoms in total. The van der Waals surface area contributed by atoms with Gasteiger partial charge in [0.15, 0.2) is 6.29 Å². The van der Waals surface area contributed by atoms with Crippen molar-refractivity contribution < 1.29 is 4.79 Å². The monoisotopic (exact) mass is 307 g/mol. The summed E-state index contributed by atoms with van der Waals surface area (Å²) in [5, 5.41) is 7.81. The van der Waals surface area contributed by atoms with E-state index in [-0.39, 0.29) is 0 Å². The molecule has 3 rings (SSSR count). The number of pyridine rings is 1.